The predicted octanol–water partition coefficient (Wildman–Crippen LogP) is 3.23. The van der Waals surface area contributed by atoms with Gasteiger partial charge in [0.1, 0.15) is 0 Å². The van der Waals surface area contributed by atoms with Crippen LogP contribution in [0.5, 0.6) is 0 Å². The number of benzene rings is 1. The van der Waals surface area contributed by atoms with Crippen LogP contribution in [0.1, 0.15) is 25.0 Å². The van der Waals surface area contributed by atoms with E-state index < -0.39 is 0 Å². The van der Waals surface area contributed by atoms with Gasteiger partial charge in [-0.05, 0) is 18.6 Å². The topological polar surface area (TPSA) is 22.0 Å². The van der Waals surface area contributed by atoms with Crippen LogP contribution in [0.3, 0.4) is 0 Å². The molecule has 0 aliphatic heterocycles. The molecule has 0 amide bonds. The standard InChI is InChI=1S/C13H13NO.C2H6/c1-11-5-4-6-12(9-11)10-14-8-3-2-7-13(14)15;1-2/h2-9H,10H2,1H3;1-2H3. The highest BCUT2D eigenvalue weighted by atomic mass is 16.1. The minimum absolute atomic E-state index is 0.0407. The SMILES string of the molecule is CC.Cc1cccc(Cn2ccccc2=O)c1. The second-order valence-electron chi connectivity index (χ2n) is 3.66. The predicted molar refractivity (Wildman–Crippen MR) is 72.3 cm³/mol. The second kappa shape index (κ2) is 6.69. The Morgan fingerprint density at radius 1 is 1.06 bits per heavy atom. The van der Waals surface area contributed by atoms with E-state index >= 15 is 0 Å². The van der Waals surface area contributed by atoms with Gasteiger partial charge in [0, 0.05) is 12.3 Å². The number of hydrogen-bond acceptors (Lipinski definition) is 1. The van der Waals surface area contributed by atoms with Crippen molar-refractivity contribution in [1.29, 1.82) is 0 Å². The number of pyridine rings is 1. The summed E-state index contributed by atoms with van der Waals surface area (Å²) < 4.78 is 1.70. The van der Waals surface area contributed by atoms with E-state index in [4.69, 9.17) is 0 Å². The lowest BCUT2D eigenvalue weighted by molar-refractivity contribution is 0.759. The number of rotatable bonds is 2. The Morgan fingerprint density at radius 3 is 2.47 bits per heavy atom. The highest BCUT2D eigenvalue weighted by molar-refractivity contribution is 5.22. The second-order valence-corrected chi connectivity index (χ2v) is 3.66. The fourth-order valence-electron chi connectivity index (χ4n) is 1.60. The van der Waals surface area contributed by atoms with E-state index in [1.165, 1.54) is 5.56 Å². The first-order valence-corrected chi connectivity index (χ1v) is 5.97. The Bertz CT molecular complexity index is 514. The van der Waals surface area contributed by atoms with E-state index in [1.807, 2.05) is 38.2 Å². The molecule has 90 valence electrons. The molecule has 17 heavy (non-hydrogen) atoms. The van der Waals surface area contributed by atoms with Gasteiger partial charge in [-0.25, -0.2) is 0 Å². The molecule has 2 rings (SSSR count). The van der Waals surface area contributed by atoms with Gasteiger partial charge in [-0.3, -0.25) is 4.79 Å². The molecule has 0 unspecified atom stereocenters. The average Bonchev–Trinajstić information content (AvgIpc) is 2.35. The molecule has 0 fully saturated rings. The third-order valence-corrected chi connectivity index (χ3v) is 2.33. The van der Waals surface area contributed by atoms with Crippen LogP contribution in [0.15, 0.2) is 53.5 Å². The van der Waals surface area contributed by atoms with Gasteiger partial charge in [0.2, 0.25) is 0 Å². The molecule has 2 aromatic rings. The zero-order valence-corrected chi connectivity index (χ0v) is 10.7. The van der Waals surface area contributed by atoms with Crippen molar-refractivity contribution in [1.82, 2.24) is 4.57 Å². The first-order chi connectivity index (χ1) is 8.25. The lowest BCUT2D eigenvalue weighted by Gasteiger charge is -2.05. The molecule has 0 saturated heterocycles. The lowest BCUT2D eigenvalue weighted by atomic mass is 10.1. The maximum atomic E-state index is 11.5. The maximum Gasteiger partial charge on any atom is 0.250 e. The monoisotopic (exact) mass is 229 g/mol. The van der Waals surface area contributed by atoms with E-state index in [-0.39, 0.29) is 5.56 Å². The Morgan fingerprint density at radius 2 is 1.82 bits per heavy atom. The van der Waals surface area contributed by atoms with E-state index in [1.54, 1.807) is 16.7 Å². The summed E-state index contributed by atoms with van der Waals surface area (Å²) >= 11 is 0. The van der Waals surface area contributed by atoms with Crippen LogP contribution in [-0.4, -0.2) is 4.57 Å². The molecule has 1 heterocycles. The van der Waals surface area contributed by atoms with Crippen LogP contribution >= 0.6 is 0 Å². The van der Waals surface area contributed by atoms with Crippen LogP contribution < -0.4 is 5.56 Å². The van der Waals surface area contributed by atoms with Gasteiger partial charge in [0.15, 0.2) is 0 Å². The molecule has 0 N–H and O–H groups in total. The van der Waals surface area contributed by atoms with Gasteiger partial charge in [-0.2, -0.15) is 0 Å². The third-order valence-electron chi connectivity index (χ3n) is 2.33. The first kappa shape index (κ1) is 13.2. The molecule has 2 nitrogen and oxygen atoms in total. The van der Waals surface area contributed by atoms with Crippen LogP contribution in [-0.2, 0) is 6.54 Å². The largest absolute Gasteiger partial charge is 0.311 e. The minimum Gasteiger partial charge on any atom is -0.311 e. The molecule has 1 aromatic heterocycles. The minimum atomic E-state index is 0.0407. The number of aryl methyl sites for hydroxylation is 1. The van der Waals surface area contributed by atoms with Gasteiger partial charge in [0.05, 0.1) is 6.54 Å². The van der Waals surface area contributed by atoms with Crippen LogP contribution in [0.4, 0.5) is 0 Å². The fourth-order valence-corrected chi connectivity index (χ4v) is 1.60. The van der Waals surface area contributed by atoms with E-state index in [9.17, 15) is 4.79 Å². The van der Waals surface area contributed by atoms with E-state index in [0.29, 0.717) is 6.54 Å². The van der Waals surface area contributed by atoms with Crippen LogP contribution in [0.25, 0.3) is 0 Å². The van der Waals surface area contributed by atoms with Gasteiger partial charge in [0.25, 0.3) is 5.56 Å². The number of aromatic nitrogens is 1. The Balaban J connectivity index is 0.000000686. The highest BCUT2D eigenvalue weighted by Crippen LogP contribution is 2.04. The summed E-state index contributed by atoms with van der Waals surface area (Å²) in [6.07, 6.45) is 1.81. The molecule has 0 bridgehead atoms. The highest BCUT2D eigenvalue weighted by Gasteiger charge is 1.96. The zero-order valence-electron chi connectivity index (χ0n) is 10.7. The summed E-state index contributed by atoms with van der Waals surface area (Å²) in [5.74, 6) is 0. The molecular weight excluding hydrogens is 210 g/mol. The molecule has 0 aliphatic rings. The fraction of sp³-hybridized carbons (Fsp3) is 0.267. The summed E-state index contributed by atoms with van der Waals surface area (Å²) in [6.45, 7) is 6.69. The van der Waals surface area contributed by atoms with Gasteiger partial charge < -0.3 is 4.57 Å². The van der Waals surface area contributed by atoms with Crippen LogP contribution in [0, 0.1) is 6.92 Å². The van der Waals surface area contributed by atoms with Crippen LogP contribution in [0.2, 0.25) is 0 Å². The summed E-state index contributed by atoms with van der Waals surface area (Å²) in [5.41, 5.74) is 2.42. The molecular formula is C15H19NO. The van der Waals surface area contributed by atoms with Crippen molar-refractivity contribution in [2.24, 2.45) is 0 Å². The van der Waals surface area contributed by atoms with Crippen molar-refractivity contribution in [2.45, 2.75) is 27.3 Å². The smallest absolute Gasteiger partial charge is 0.250 e. The third kappa shape index (κ3) is 3.91. The first-order valence-electron chi connectivity index (χ1n) is 5.97. The number of hydrogen-bond donors (Lipinski definition) is 0. The molecule has 1 aromatic carbocycles. The van der Waals surface area contributed by atoms with Gasteiger partial charge in [-0.15, -0.1) is 0 Å². The van der Waals surface area contributed by atoms with Crippen molar-refractivity contribution in [3.05, 3.63) is 70.1 Å². The summed E-state index contributed by atoms with van der Waals surface area (Å²) in [4.78, 5) is 11.5. The van der Waals surface area contributed by atoms with Gasteiger partial charge >= 0.3 is 0 Å². The average molecular weight is 229 g/mol. The maximum absolute atomic E-state index is 11.5. The Hall–Kier alpha value is -1.83. The lowest BCUT2D eigenvalue weighted by Crippen LogP contribution is -2.18. The molecule has 0 radical (unpaired) electrons. The van der Waals surface area contributed by atoms with Crippen molar-refractivity contribution >= 4 is 0 Å². The molecule has 0 aliphatic carbocycles. The Labute approximate surface area is 103 Å². The number of nitrogens with zero attached hydrogens (tertiary/aromatic N) is 1. The molecule has 0 atom stereocenters. The van der Waals surface area contributed by atoms with Gasteiger partial charge in [-0.1, -0.05) is 49.7 Å². The summed E-state index contributed by atoms with van der Waals surface area (Å²) in [7, 11) is 0. The van der Waals surface area contributed by atoms with E-state index in [2.05, 4.69) is 19.1 Å². The van der Waals surface area contributed by atoms with Crippen molar-refractivity contribution < 1.29 is 0 Å². The summed E-state index contributed by atoms with van der Waals surface area (Å²) in [5, 5.41) is 0. The molecule has 0 saturated carbocycles. The van der Waals surface area contributed by atoms with Crippen molar-refractivity contribution in [3.8, 4) is 0 Å². The summed E-state index contributed by atoms with van der Waals surface area (Å²) in [6, 6.07) is 13.4. The molecule has 2 heteroatoms. The zero-order chi connectivity index (χ0) is 12.7. The van der Waals surface area contributed by atoms with Crippen molar-refractivity contribution in [2.75, 3.05) is 0 Å². The van der Waals surface area contributed by atoms with E-state index in [0.717, 1.165) is 5.56 Å². The Kier molecular flexibility index (Phi) is 5.21. The van der Waals surface area contributed by atoms with Crippen molar-refractivity contribution in [3.63, 3.8) is 0 Å². The normalized spacial score (nSPS) is 9.35. The molecule has 0 spiro atoms. The quantitative estimate of drug-likeness (QED) is 0.775.